The van der Waals surface area contributed by atoms with E-state index in [1.165, 1.54) is 17.7 Å². The number of rotatable bonds is 5. The van der Waals surface area contributed by atoms with Crippen molar-refractivity contribution in [1.82, 2.24) is 10.2 Å². The Morgan fingerprint density at radius 2 is 2.06 bits per heavy atom. The van der Waals surface area contributed by atoms with Crippen molar-refractivity contribution in [3.63, 3.8) is 0 Å². The normalized spacial score (nSPS) is 25.5. The Hall–Kier alpha value is -0.900. The van der Waals surface area contributed by atoms with Crippen LogP contribution >= 0.6 is 0 Å². The molecule has 2 rings (SSSR count). The average Bonchev–Trinajstić information content (AvgIpc) is 3.01. The summed E-state index contributed by atoms with van der Waals surface area (Å²) in [7, 11) is 0. The number of hydrogen-bond acceptors (Lipinski definition) is 3. The highest BCUT2D eigenvalue weighted by molar-refractivity contribution is 6.05. The molecular formula is C13H22N2O2. The standard InChI is InChI=1S/C13H22N2O2/c1-9(7-14-10-4-5-10)8-15-11(16)6-13(2,3)12(15)17/h9-10,14H,4-8H2,1-3H3. The molecule has 0 bridgehead atoms. The Morgan fingerprint density at radius 1 is 1.41 bits per heavy atom. The first-order valence-electron chi connectivity index (χ1n) is 6.48. The largest absolute Gasteiger partial charge is 0.314 e. The molecule has 2 fully saturated rings. The summed E-state index contributed by atoms with van der Waals surface area (Å²) in [6, 6.07) is 0.680. The van der Waals surface area contributed by atoms with E-state index in [0.29, 0.717) is 24.9 Å². The molecule has 1 heterocycles. The van der Waals surface area contributed by atoms with Crippen molar-refractivity contribution in [2.45, 2.75) is 46.1 Å². The van der Waals surface area contributed by atoms with Crippen LogP contribution in [0.15, 0.2) is 0 Å². The van der Waals surface area contributed by atoms with Gasteiger partial charge in [-0.25, -0.2) is 0 Å². The molecule has 1 N–H and O–H groups in total. The molecule has 4 heteroatoms. The maximum absolute atomic E-state index is 12.0. The molecule has 96 valence electrons. The minimum atomic E-state index is -0.499. The fraction of sp³-hybridized carbons (Fsp3) is 0.846. The number of hydrogen-bond donors (Lipinski definition) is 1. The van der Waals surface area contributed by atoms with Crippen molar-refractivity contribution >= 4 is 11.8 Å². The molecule has 4 nitrogen and oxygen atoms in total. The molecule has 0 aromatic heterocycles. The lowest BCUT2D eigenvalue weighted by Gasteiger charge is -2.21. The van der Waals surface area contributed by atoms with E-state index in [9.17, 15) is 9.59 Å². The number of amides is 2. The molecule has 1 atom stereocenters. The predicted octanol–water partition coefficient (Wildman–Crippen LogP) is 1.16. The van der Waals surface area contributed by atoms with Crippen LogP contribution < -0.4 is 5.32 Å². The van der Waals surface area contributed by atoms with E-state index < -0.39 is 5.41 Å². The highest BCUT2D eigenvalue weighted by atomic mass is 16.2. The molecule has 2 aliphatic rings. The summed E-state index contributed by atoms with van der Waals surface area (Å²) in [5.41, 5.74) is -0.499. The van der Waals surface area contributed by atoms with Gasteiger partial charge in [0.05, 0.1) is 5.41 Å². The second-order valence-corrected chi connectivity index (χ2v) is 6.16. The molecule has 1 saturated carbocycles. The number of nitrogens with zero attached hydrogens (tertiary/aromatic N) is 1. The van der Waals surface area contributed by atoms with Crippen LogP contribution in [-0.2, 0) is 9.59 Å². The summed E-state index contributed by atoms with van der Waals surface area (Å²) in [5.74, 6) is 0.302. The average molecular weight is 238 g/mol. The lowest BCUT2D eigenvalue weighted by atomic mass is 9.92. The molecule has 2 amide bonds. The zero-order valence-electron chi connectivity index (χ0n) is 11.0. The molecule has 1 saturated heterocycles. The SMILES string of the molecule is CC(CNC1CC1)CN1C(=O)CC(C)(C)C1=O. The molecular weight excluding hydrogens is 216 g/mol. The van der Waals surface area contributed by atoms with E-state index in [-0.39, 0.29) is 11.8 Å². The number of nitrogens with one attached hydrogen (secondary N) is 1. The van der Waals surface area contributed by atoms with Gasteiger partial charge in [-0.2, -0.15) is 0 Å². The zero-order chi connectivity index (χ0) is 12.6. The van der Waals surface area contributed by atoms with Crippen molar-refractivity contribution in [1.29, 1.82) is 0 Å². The molecule has 0 radical (unpaired) electrons. The first kappa shape index (κ1) is 12.6. The molecule has 1 aliphatic carbocycles. The lowest BCUT2D eigenvalue weighted by molar-refractivity contribution is -0.141. The van der Waals surface area contributed by atoms with Crippen LogP contribution in [0.4, 0.5) is 0 Å². The van der Waals surface area contributed by atoms with E-state index in [0.717, 1.165) is 6.54 Å². The van der Waals surface area contributed by atoms with Crippen molar-refractivity contribution in [3.05, 3.63) is 0 Å². The van der Waals surface area contributed by atoms with Gasteiger partial charge in [-0.05, 0) is 25.3 Å². The third kappa shape index (κ3) is 2.86. The van der Waals surface area contributed by atoms with Crippen LogP contribution in [0.2, 0.25) is 0 Å². The van der Waals surface area contributed by atoms with E-state index >= 15 is 0 Å². The van der Waals surface area contributed by atoms with Crippen LogP contribution in [-0.4, -0.2) is 35.8 Å². The van der Waals surface area contributed by atoms with Crippen LogP contribution in [0.1, 0.15) is 40.0 Å². The molecule has 0 spiro atoms. The third-order valence-electron chi connectivity index (χ3n) is 3.54. The first-order valence-corrected chi connectivity index (χ1v) is 6.48. The monoisotopic (exact) mass is 238 g/mol. The Balaban J connectivity index is 1.84. The Kier molecular flexibility index (Phi) is 3.25. The van der Waals surface area contributed by atoms with Crippen LogP contribution in [0.3, 0.4) is 0 Å². The van der Waals surface area contributed by atoms with Crippen molar-refractivity contribution in [2.75, 3.05) is 13.1 Å². The van der Waals surface area contributed by atoms with Crippen molar-refractivity contribution in [3.8, 4) is 0 Å². The topological polar surface area (TPSA) is 49.4 Å². The van der Waals surface area contributed by atoms with Crippen LogP contribution in [0, 0.1) is 11.3 Å². The molecule has 17 heavy (non-hydrogen) atoms. The molecule has 1 aliphatic heterocycles. The van der Waals surface area contributed by atoms with Crippen LogP contribution in [0.5, 0.6) is 0 Å². The van der Waals surface area contributed by atoms with E-state index in [1.807, 2.05) is 13.8 Å². The second kappa shape index (κ2) is 4.41. The molecule has 0 aromatic rings. The van der Waals surface area contributed by atoms with E-state index in [4.69, 9.17) is 0 Å². The van der Waals surface area contributed by atoms with Crippen LogP contribution in [0.25, 0.3) is 0 Å². The highest BCUT2D eigenvalue weighted by Crippen LogP contribution is 2.32. The van der Waals surface area contributed by atoms with Gasteiger partial charge >= 0.3 is 0 Å². The minimum absolute atomic E-state index is 0.0132. The minimum Gasteiger partial charge on any atom is -0.314 e. The summed E-state index contributed by atoms with van der Waals surface area (Å²) in [4.78, 5) is 25.2. The second-order valence-electron chi connectivity index (χ2n) is 6.16. The predicted molar refractivity (Wildman–Crippen MR) is 65.3 cm³/mol. The third-order valence-corrected chi connectivity index (χ3v) is 3.54. The van der Waals surface area contributed by atoms with Gasteiger partial charge < -0.3 is 5.32 Å². The van der Waals surface area contributed by atoms with Gasteiger partial charge in [0.15, 0.2) is 0 Å². The fourth-order valence-corrected chi connectivity index (χ4v) is 2.24. The van der Waals surface area contributed by atoms with Gasteiger partial charge in [-0.3, -0.25) is 14.5 Å². The molecule has 1 unspecified atom stereocenters. The van der Waals surface area contributed by atoms with E-state index in [1.54, 1.807) is 0 Å². The maximum Gasteiger partial charge on any atom is 0.235 e. The Bertz CT molecular complexity index is 334. The Morgan fingerprint density at radius 3 is 2.53 bits per heavy atom. The van der Waals surface area contributed by atoms with Crippen molar-refractivity contribution < 1.29 is 9.59 Å². The Labute approximate surface area is 103 Å². The lowest BCUT2D eigenvalue weighted by Crippen LogP contribution is -2.39. The van der Waals surface area contributed by atoms with Crippen molar-refractivity contribution in [2.24, 2.45) is 11.3 Å². The number of carbonyl (C=O) groups is 2. The zero-order valence-corrected chi connectivity index (χ0v) is 11.0. The van der Waals surface area contributed by atoms with Gasteiger partial charge in [0.1, 0.15) is 0 Å². The smallest absolute Gasteiger partial charge is 0.235 e. The number of likely N-dealkylation sites (tertiary alicyclic amines) is 1. The summed E-state index contributed by atoms with van der Waals surface area (Å²) in [5, 5.41) is 3.43. The van der Waals surface area contributed by atoms with Gasteiger partial charge in [-0.1, -0.05) is 20.8 Å². The van der Waals surface area contributed by atoms with Gasteiger partial charge in [0, 0.05) is 19.0 Å². The summed E-state index contributed by atoms with van der Waals surface area (Å²) >= 11 is 0. The maximum atomic E-state index is 12.0. The van der Waals surface area contributed by atoms with Gasteiger partial charge in [0.25, 0.3) is 0 Å². The van der Waals surface area contributed by atoms with Gasteiger partial charge in [0.2, 0.25) is 11.8 Å². The number of carbonyl (C=O) groups excluding carboxylic acids is 2. The van der Waals surface area contributed by atoms with E-state index in [2.05, 4.69) is 12.2 Å². The first-order chi connectivity index (χ1) is 7.90. The number of imide groups is 1. The molecule has 0 aromatic carbocycles. The fourth-order valence-electron chi connectivity index (χ4n) is 2.24. The summed E-state index contributed by atoms with van der Waals surface area (Å²) in [6.45, 7) is 7.23. The summed E-state index contributed by atoms with van der Waals surface area (Å²) < 4.78 is 0. The summed E-state index contributed by atoms with van der Waals surface area (Å²) in [6.07, 6.45) is 2.89. The highest BCUT2D eigenvalue weighted by Gasteiger charge is 2.44. The quantitative estimate of drug-likeness (QED) is 0.731. The van der Waals surface area contributed by atoms with Gasteiger partial charge in [-0.15, -0.1) is 0 Å².